The Balaban J connectivity index is 1.87. The topological polar surface area (TPSA) is 51.0 Å². The Kier molecular flexibility index (Phi) is 4.35. The lowest BCUT2D eigenvalue weighted by Crippen LogP contribution is -2.21. The molecule has 106 valence electrons. The first-order chi connectivity index (χ1) is 9.75. The molecular weight excluding hydrogens is 365 g/mol. The highest BCUT2D eigenvalue weighted by molar-refractivity contribution is 14.1. The molecule has 0 spiro atoms. The van der Waals surface area contributed by atoms with Gasteiger partial charge in [0, 0.05) is 3.57 Å². The average molecular weight is 383 g/mol. The van der Waals surface area contributed by atoms with Gasteiger partial charge in [-0.15, -0.1) is 0 Å². The largest absolute Gasteiger partial charge is 0.334 e. The van der Waals surface area contributed by atoms with Crippen molar-refractivity contribution in [2.45, 2.75) is 38.6 Å². The summed E-state index contributed by atoms with van der Waals surface area (Å²) in [4.78, 5) is 4.60. The van der Waals surface area contributed by atoms with Crippen molar-refractivity contribution < 1.29 is 4.52 Å². The van der Waals surface area contributed by atoms with Crippen molar-refractivity contribution in [3.05, 3.63) is 33.2 Å². The number of aromatic nitrogens is 2. The first-order valence-corrected chi connectivity index (χ1v) is 8.16. The highest BCUT2D eigenvalue weighted by atomic mass is 127. The maximum Gasteiger partial charge on any atom is 0.259 e. The Bertz CT molecular complexity index is 589. The number of nitrogens with zero attached hydrogens (tertiary/aromatic N) is 2. The molecule has 1 aliphatic rings. The van der Waals surface area contributed by atoms with Gasteiger partial charge in [0.15, 0.2) is 5.82 Å². The van der Waals surface area contributed by atoms with Crippen molar-refractivity contribution in [3.63, 3.8) is 0 Å². The van der Waals surface area contributed by atoms with Crippen molar-refractivity contribution in [3.8, 4) is 11.5 Å². The summed E-state index contributed by atoms with van der Waals surface area (Å²) in [5.41, 5.74) is 2.26. The van der Waals surface area contributed by atoms with Crippen LogP contribution in [0.15, 0.2) is 22.7 Å². The summed E-state index contributed by atoms with van der Waals surface area (Å²) in [6.45, 7) is 3.13. The number of hydrogen-bond donors (Lipinski definition) is 1. The second kappa shape index (κ2) is 6.22. The van der Waals surface area contributed by atoms with Crippen LogP contribution in [0.4, 0.5) is 0 Å². The van der Waals surface area contributed by atoms with Gasteiger partial charge in [-0.3, -0.25) is 0 Å². The minimum Gasteiger partial charge on any atom is -0.334 e. The molecule has 1 aromatic carbocycles. The third kappa shape index (κ3) is 2.88. The van der Waals surface area contributed by atoms with Crippen LogP contribution < -0.4 is 5.32 Å². The summed E-state index contributed by atoms with van der Waals surface area (Å²) in [5.74, 6) is 1.42. The van der Waals surface area contributed by atoms with E-state index in [2.05, 4.69) is 51.0 Å². The highest BCUT2D eigenvalue weighted by Crippen LogP contribution is 2.28. The molecule has 0 aliphatic carbocycles. The molecule has 20 heavy (non-hydrogen) atoms. The van der Waals surface area contributed by atoms with E-state index in [0.29, 0.717) is 5.89 Å². The van der Waals surface area contributed by atoms with Crippen LogP contribution in [-0.4, -0.2) is 16.7 Å². The van der Waals surface area contributed by atoms with Gasteiger partial charge in [0.2, 0.25) is 0 Å². The molecule has 1 aliphatic heterocycles. The van der Waals surface area contributed by atoms with Crippen LogP contribution in [-0.2, 0) is 0 Å². The smallest absolute Gasteiger partial charge is 0.259 e. The summed E-state index contributed by atoms with van der Waals surface area (Å²) in [6, 6.07) is 6.39. The zero-order chi connectivity index (χ0) is 13.9. The first-order valence-electron chi connectivity index (χ1n) is 7.08. The highest BCUT2D eigenvalue weighted by Gasteiger charge is 2.20. The van der Waals surface area contributed by atoms with E-state index < -0.39 is 0 Å². The molecule has 0 radical (unpaired) electrons. The molecule has 2 aromatic rings. The number of rotatable bonds is 2. The predicted octanol–water partition coefficient (Wildman–Crippen LogP) is 3.85. The molecule has 1 saturated heterocycles. The second-order valence-electron chi connectivity index (χ2n) is 5.25. The van der Waals surface area contributed by atoms with Crippen LogP contribution in [0.3, 0.4) is 0 Å². The van der Waals surface area contributed by atoms with Gasteiger partial charge in [-0.2, -0.15) is 4.98 Å². The Morgan fingerprint density at radius 2 is 2.20 bits per heavy atom. The summed E-state index contributed by atoms with van der Waals surface area (Å²) < 4.78 is 6.65. The molecule has 0 saturated carbocycles. The van der Waals surface area contributed by atoms with Crippen molar-refractivity contribution in [1.82, 2.24) is 15.5 Å². The quantitative estimate of drug-likeness (QED) is 0.801. The first kappa shape index (κ1) is 14.0. The van der Waals surface area contributed by atoms with Crippen LogP contribution in [0.2, 0.25) is 0 Å². The van der Waals surface area contributed by atoms with Gasteiger partial charge in [0.05, 0.1) is 11.6 Å². The van der Waals surface area contributed by atoms with E-state index in [-0.39, 0.29) is 6.04 Å². The molecule has 5 heteroatoms. The van der Waals surface area contributed by atoms with Crippen molar-refractivity contribution >= 4 is 22.6 Å². The fourth-order valence-corrected chi connectivity index (χ4v) is 3.14. The van der Waals surface area contributed by atoms with Crippen molar-refractivity contribution in [1.29, 1.82) is 0 Å². The fourth-order valence-electron chi connectivity index (χ4n) is 2.55. The minimum absolute atomic E-state index is 0.234. The Hall–Kier alpha value is -0.950. The van der Waals surface area contributed by atoms with Crippen molar-refractivity contribution in [2.24, 2.45) is 0 Å². The maximum absolute atomic E-state index is 5.47. The van der Waals surface area contributed by atoms with Gasteiger partial charge in [-0.1, -0.05) is 30.1 Å². The molecule has 1 fully saturated rings. The molecule has 1 N–H and O–H groups in total. The predicted molar refractivity (Wildman–Crippen MR) is 86.4 cm³/mol. The van der Waals surface area contributed by atoms with Gasteiger partial charge in [-0.05, 0) is 60.5 Å². The van der Waals surface area contributed by atoms with Gasteiger partial charge < -0.3 is 9.84 Å². The molecule has 2 heterocycles. The van der Waals surface area contributed by atoms with Gasteiger partial charge in [0.25, 0.3) is 5.89 Å². The lowest BCUT2D eigenvalue weighted by molar-refractivity contribution is 0.402. The van der Waals surface area contributed by atoms with E-state index in [1.807, 2.05) is 12.1 Å². The van der Waals surface area contributed by atoms with Crippen molar-refractivity contribution in [2.75, 3.05) is 6.54 Å². The molecular formula is C15H18IN3O. The van der Waals surface area contributed by atoms with E-state index in [1.54, 1.807) is 0 Å². The average Bonchev–Trinajstić information content (AvgIpc) is 2.77. The molecule has 0 bridgehead atoms. The maximum atomic E-state index is 5.47. The molecule has 4 nitrogen and oxygen atoms in total. The van der Waals surface area contributed by atoms with E-state index in [4.69, 9.17) is 4.52 Å². The number of aryl methyl sites for hydroxylation is 1. The third-order valence-corrected chi connectivity index (χ3v) is 5.17. The van der Waals surface area contributed by atoms with E-state index in [0.717, 1.165) is 24.4 Å². The second-order valence-corrected chi connectivity index (χ2v) is 6.33. The zero-order valence-corrected chi connectivity index (χ0v) is 13.7. The van der Waals surface area contributed by atoms with Gasteiger partial charge in [-0.25, -0.2) is 0 Å². The summed E-state index contributed by atoms with van der Waals surface area (Å²) >= 11 is 2.33. The standard InChI is InChI=1S/C15H18IN3O/c1-10-6-5-7-11(13(10)16)15-18-14(19-20-15)12-8-3-2-4-9-17-12/h5-7,12,17H,2-4,8-9H2,1H3. The summed E-state index contributed by atoms with van der Waals surface area (Å²) in [5, 5.41) is 7.68. The van der Waals surface area contributed by atoms with Gasteiger partial charge >= 0.3 is 0 Å². The molecule has 1 atom stereocenters. The van der Waals surface area contributed by atoms with E-state index in [1.165, 1.54) is 28.4 Å². The fraction of sp³-hybridized carbons (Fsp3) is 0.467. The minimum atomic E-state index is 0.234. The SMILES string of the molecule is Cc1cccc(-c2nc(C3CCCCCN3)no2)c1I. The normalized spacial score (nSPS) is 19.8. The van der Waals surface area contributed by atoms with Crippen LogP contribution >= 0.6 is 22.6 Å². The molecule has 3 rings (SSSR count). The van der Waals surface area contributed by atoms with Crippen LogP contribution in [0.1, 0.15) is 43.1 Å². The van der Waals surface area contributed by atoms with Crippen LogP contribution in [0, 0.1) is 10.5 Å². The summed E-state index contributed by atoms with van der Waals surface area (Å²) in [6.07, 6.45) is 4.83. The summed E-state index contributed by atoms with van der Waals surface area (Å²) in [7, 11) is 0. The zero-order valence-electron chi connectivity index (χ0n) is 11.5. The lowest BCUT2D eigenvalue weighted by atomic mass is 10.1. The van der Waals surface area contributed by atoms with Crippen LogP contribution in [0.25, 0.3) is 11.5 Å². The number of benzene rings is 1. The molecule has 1 unspecified atom stereocenters. The van der Waals surface area contributed by atoms with E-state index in [9.17, 15) is 0 Å². The van der Waals surface area contributed by atoms with Gasteiger partial charge in [0.1, 0.15) is 0 Å². The molecule has 0 amide bonds. The Labute approximate surface area is 132 Å². The Morgan fingerprint density at radius 3 is 3.10 bits per heavy atom. The number of halogens is 1. The third-order valence-electron chi connectivity index (χ3n) is 3.74. The number of hydrogen-bond acceptors (Lipinski definition) is 4. The Morgan fingerprint density at radius 1 is 1.30 bits per heavy atom. The molecule has 1 aromatic heterocycles. The van der Waals surface area contributed by atoms with E-state index >= 15 is 0 Å². The van der Waals surface area contributed by atoms with Crippen LogP contribution in [0.5, 0.6) is 0 Å². The lowest BCUT2D eigenvalue weighted by Gasteiger charge is -2.10. The monoisotopic (exact) mass is 383 g/mol. The number of nitrogens with one attached hydrogen (secondary N) is 1.